The van der Waals surface area contributed by atoms with Gasteiger partial charge < -0.3 is 24.3 Å². The van der Waals surface area contributed by atoms with Gasteiger partial charge in [0.1, 0.15) is 5.75 Å². The number of methoxy groups -OCH3 is 2. The molecule has 2 rings (SSSR count). The molecule has 0 aliphatic heterocycles. The zero-order valence-electron chi connectivity index (χ0n) is 17.1. The van der Waals surface area contributed by atoms with E-state index in [1.165, 1.54) is 33.3 Å². The number of carbonyl (C=O) groups excluding carboxylic acids is 2. The van der Waals surface area contributed by atoms with Gasteiger partial charge in [-0.25, -0.2) is 0 Å². The number of amides is 1. The van der Waals surface area contributed by atoms with E-state index in [1.54, 1.807) is 18.2 Å². The minimum absolute atomic E-state index is 0.0383. The Morgan fingerprint density at radius 1 is 1.00 bits per heavy atom. The van der Waals surface area contributed by atoms with Crippen LogP contribution in [0.3, 0.4) is 0 Å². The monoisotopic (exact) mass is 441 g/mol. The van der Waals surface area contributed by atoms with Crippen molar-refractivity contribution in [2.24, 2.45) is 0 Å². The van der Waals surface area contributed by atoms with Crippen molar-refractivity contribution >= 4 is 17.6 Å². The number of halogens is 3. The smallest absolute Gasteiger partial charge is 0.493 e. The highest BCUT2D eigenvalue weighted by Gasteiger charge is 2.31. The summed E-state index contributed by atoms with van der Waals surface area (Å²) >= 11 is 0. The Hall–Kier alpha value is -3.43. The van der Waals surface area contributed by atoms with Crippen molar-refractivity contribution in [3.05, 3.63) is 48.0 Å². The standard InChI is InChI=1S/C21H22F3NO6/c1-13(20(27)25-15-6-8-16(9-7-15)31-21(22,23)24)30-19(26)11-5-14-4-10-17(28-2)18(12-14)29-3/h4,6-10,12-13H,5,11H2,1-3H3,(H,25,27). The Bertz CT molecular complexity index is 899. The van der Waals surface area contributed by atoms with Gasteiger partial charge in [0.25, 0.3) is 5.91 Å². The fraction of sp³-hybridized carbons (Fsp3) is 0.333. The van der Waals surface area contributed by atoms with Gasteiger partial charge in [-0.15, -0.1) is 13.2 Å². The average Bonchev–Trinajstić information content (AvgIpc) is 2.72. The topological polar surface area (TPSA) is 83.1 Å². The Balaban J connectivity index is 1.83. The molecule has 0 saturated carbocycles. The number of rotatable bonds is 9. The summed E-state index contributed by atoms with van der Waals surface area (Å²) in [6.07, 6.45) is -5.49. The molecule has 0 heterocycles. The number of ether oxygens (including phenoxy) is 4. The first-order chi connectivity index (χ1) is 14.6. The van der Waals surface area contributed by atoms with Crippen molar-refractivity contribution in [2.75, 3.05) is 19.5 Å². The third-order valence-corrected chi connectivity index (χ3v) is 4.10. The Labute approximate surface area is 177 Å². The van der Waals surface area contributed by atoms with Crippen LogP contribution in [0.25, 0.3) is 0 Å². The third kappa shape index (κ3) is 7.72. The molecule has 1 unspecified atom stereocenters. The average molecular weight is 441 g/mol. The SMILES string of the molecule is COc1ccc(CCC(=O)OC(C)C(=O)Nc2ccc(OC(F)(F)F)cc2)cc1OC. The van der Waals surface area contributed by atoms with Crippen molar-refractivity contribution in [1.82, 2.24) is 0 Å². The van der Waals surface area contributed by atoms with Gasteiger partial charge in [-0.1, -0.05) is 6.07 Å². The molecule has 2 aromatic rings. The van der Waals surface area contributed by atoms with Crippen LogP contribution < -0.4 is 19.5 Å². The van der Waals surface area contributed by atoms with Gasteiger partial charge >= 0.3 is 12.3 Å². The summed E-state index contributed by atoms with van der Waals surface area (Å²) in [6, 6.07) is 9.85. The van der Waals surface area contributed by atoms with Crippen LogP contribution in [0.5, 0.6) is 17.2 Å². The highest BCUT2D eigenvalue weighted by Crippen LogP contribution is 2.28. The predicted molar refractivity (Wildman–Crippen MR) is 105 cm³/mol. The van der Waals surface area contributed by atoms with Crippen LogP contribution >= 0.6 is 0 Å². The zero-order valence-corrected chi connectivity index (χ0v) is 17.1. The van der Waals surface area contributed by atoms with E-state index in [1.807, 2.05) is 0 Å². The van der Waals surface area contributed by atoms with Crippen molar-refractivity contribution in [3.8, 4) is 17.2 Å². The van der Waals surface area contributed by atoms with Crippen molar-refractivity contribution in [1.29, 1.82) is 0 Å². The minimum Gasteiger partial charge on any atom is -0.493 e. The molecule has 10 heteroatoms. The number of carbonyl (C=O) groups is 2. The second kappa shape index (κ2) is 10.6. The van der Waals surface area contributed by atoms with E-state index in [4.69, 9.17) is 14.2 Å². The Morgan fingerprint density at radius 2 is 1.65 bits per heavy atom. The van der Waals surface area contributed by atoms with Crippen molar-refractivity contribution < 1.29 is 41.7 Å². The molecule has 0 saturated heterocycles. The fourth-order valence-electron chi connectivity index (χ4n) is 2.58. The normalized spacial score (nSPS) is 11.9. The Kier molecular flexibility index (Phi) is 8.12. The van der Waals surface area contributed by atoms with Gasteiger partial charge in [0, 0.05) is 12.1 Å². The summed E-state index contributed by atoms with van der Waals surface area (Å²) in [6.45, 7) is 1.39. The number of benzene rings is 2. The maximum Gasteiger partial charge on any atom is 0.573 e. The molecule has 168 valence electrons. The Morgan fingerprint density at radius 3 is 2.23 bits per heavy atom. The molecule has 1 atom stereocenters. The summed E-state index contributed by atoms with van der Waals surface area (Å²) < 4.78 is 55.7. The summed E-state index contributed by atoms with van der Waals surface area (Å²) in [5.74, 6) is -0.514. The van der Waals surface area contributed by atoms with E-state index in [2.05, 4.69) is 10.1 Å². The fourth-order valence-corrected chi connectivity index (χ4v) is 2.58. The van der Waals surface area contributed by atoms with E-state index < -0.39 is 30.1 Å². The van der Waals surface area contributed by atoms with Crippen LogP contribution in [0.4, 0.5) is 18.9 Å². The van der Waals surface area contributed by atoms with Gasteiger partial charge in [-0.3, -0.25) is 9.59 Å². The molecule has 0 fully saturated rings. The molecule has 31 heavy (non-hydrogen) atoms. The molecular formula is C21H22F3NO6. The number of esters is 1. The molecular weight excluding hydrogens is 419 g/mol. The van der Waals surface area contributed by atoms with Crippen molar-refractivity contribution in [2.45, 2.75) is 32.2 Å². The molecule has 1 amide bonds. The van der Waals surface area contributed by atoms with E-state index in [0.29, 0.717) is 17.9 Å². The molecule has 2 aromatic carbocycles. The summed E-state index contributed by atoms with van der Waals surface area (Å²) in [4.78, 5) is 24.2. The lowest BCUT2D eigenvalue weighted by atomic mass is 10.1. The lowest BCUT2D eigenvalue weighted by Crippen LogP contribution is -2.30. The first kappa shape index (κ1) is 23.8. The van der Waals surface area contributed by atoms with Gasteiger partial charge in [0.15, 0.2) is 17.6 Å². The largest absolute Gasteiger partial charge is 0.573 e. The number of hydrogen-bond acceptors (Lipinski definition) is 6. The zero-order chi connectivity index (χ0) is 23.0. The maximum atomic E-state index is 12.2. The highest BCUT2D eigenvalue weighted by molar-refractivity contribution is 5.95. The molecule has 0 bridgehead atoms. The first-order valence-corrected chi connectivity index (χ1v) is 9.18. The van der Waals surface area contributed by atoms with E-state index >= 15 is 0 Å². The number of anilines is 1. The molecule has 1 N–H and O–H groups in total. The maximum absolute atomic E-state index is 12.2. The van der Waals surface area contributed by atoms with E-state index in [0.717, 1.165) is 17.7 Å². The molecule has 0 aromatic heterocycles. The van der Waals surface area contributed by atoms with Crippen LogP contribution in [0.15, 0.2) is 42.5 Å². The lowest BCUT2D eigenvalue weighted by Gasteiger charge is -2.14. The molecule has 0 radical (unpaired) electrons. The van der Waals surface area contributed by atoms with Gasteiger partial charge in [0.2, 0.25) is 0 Å². The third-order valence-electron chi connectivity index (χ3n) is 4.10. The van der Waals surface area contributed by atoms with Gasteiger partial charge in [0.05, 0.1) is 14.2 Å². The number of aryl methyl sites for hydroxylation is 1. The number of nitrogens with one attached hydrogen (secondary N) is 1. The summed E-state index contributed by atoms with van der Waals surface area (Å²) in [7, 11) is 3.03. The van der Waals surface area contributed by atoms with Gasteiger partial charge in [-0.05, 0) is 55.3 Å². The molecule has 0 spiro atoms. The van der Waals surface area contributed by atoms with E-state index in [9.17, 15) is 22.8 Å². The van der Waals surface area contributed by atoms with Crippen LogP contribution in [0.2, 0.25) is 0 Å². The second-order valence-electron chi connectivity index (χ2n) is 6.38. The van der Waals surface area contributed by atoms with Crippen LogP contribution in [0, 0.1) is 0 Å². The number of alkyl halides is 3. The molecule has 7 nitrogen and oxygen atoms in total. The van der Waals surface area contributed by atoms with E-state index in [-0.39, 0.29) is 12.1 Å². The van der Waals surface area contributed by atoms with Crippen molar-refractivity contribution in [3.63, 3.8) is 0 Å². The summed E-state index contributed by atoms with van der Waals surface area (Å²) in [5.41, 5.74) is 1.06. The molecule has 0 aliphatic carbocycles. The highest BCUT2D eigenvalue weighted by atomic mass is 19.4. The number of hydrogen-bond donors (Lipinski definition) is 1. The lowest BCUT2D eigenvalue weighted by molar-refractivity contribution is -0.274. The predicted octanol–water partition coefficient (Wildman–Crippen LogP) is 4.11. The van der Waals surface area contributed by atoms with Crippen LogP contribution in [-0.2, 0) is 20.7 Å². The van der Waals surface area contributed by atoms with Crippen LogP contribution in [0.1, 0.15) is 18.9 Å². The summed E-state index contributed by atoms with van der Waals surface area (Å²) in [5, 5.41) is 2.46. The quantitative estimate of drug-likeness (QED) is 0.590. The molecule has 0 aliphatic rings. The first-order valence-electron chi connectivity index (χ1n) is 9.18. The second-order valence-corrected chi connectivity index (χ2v) is 6.38. The minimum atomic E-state index is -4.80. The van der Waals surface area contributed by atoms with Gasteiger partial charge in [-0.2, -0.15) is 0 Å². The van der Waals surface area contributed by atoms with Crippen LogP contribution in [-0.4, -0.2) is 38.6 Å².